The maximum atomic E-state index is 11.7. The topological polar surface area (TPSA) is 87.0 Å². The molecule has 0 amide bonds. The van der Waals surface area contributed by atoms with Gasteiger partial charge in [-0.25, -0.2) is 0 Å². The molecule has 30 heavy (non-hydrogen) atoms. The van der Waals surface area contributed by atoms with Crippen LogP contribution < -0.4 is 0 Å². The third-order valence-electron chi connectivity index (χ3n) is 10.6. The molecule has 3 N–H and O–H groups in total. The number of aliphatic hydroxyl groups is 3. The molecule has 5 heteroatoms. The molecule has 4 saturated carbocycles. The molecule has 11 atom stereocenters. The van der Waals surface area contributed by atoms with Crippen molar-refractivity contribution in [1.82, 2.24) is 0 Å². The Hall–Kier alpha value is -0.650. The summed E-state index contributed by atoms with van der Waals surface area (Å²) in [5, 5.41) is 33.1. The van der Waals surface area contributed by atoms with Gasteiger partial charge in [-0.2, -0.15) is 0 Å². The van der Waals surface area contributed by atoms with Crippen LogP contribution in [-0.2, 0) is 9.53 Å². The molecule has 0 heterocycles. The Morgan fingerprint density at radius 2 is 1.80 bits per heavy atom. The van der Waals surface area contributed by atoms with Crippen LogP contribution in [0.4, 0.5) is 0 Å². The third kappa shape index (κ3) is 3.34. The monoisotopic (exact) mass is 422 g/mol. The van der Waals surface area contributed by atoms with Crippen molar-refractivity contribution < 1.29 is 24.9 Å². The van der Waals surface area contributed by atoms with E-state index in [1.165, 1.54) is 7.11 Å². The van der Waals surface area contributed by atoms with Crippen LogP contribution in [0.5, 0.6) is 0 Å². The van der Waals surface area contributed by atoms with E-state index in [0.29, 0.717) is 36.0 Å². The van der Waals surface area contributed by atoms with Gasteiger partial charge < -0.3 is 20.1 Å². The van der Waals surface area contributed by atoms with E-state index in [-0.39, 0.29) is 41.0 Å². The maximum absolute atomic E-state index is 11.7. The van der Waals surface area contributed by atoms with Crippen molar-refractivity contribution in [3.05, 3.63) is 0 Å². The summed E-state index contributed by atoms with van der Waals surface area (Å²) in [4.78, 5) is 11.7. The smallest absolute Gasteiger partial charge is 0.305 e. The molecule has 0 aromatic rings. The van der Waals surface area contributed by atoms with Gasteiger partial charge in [0, 0.05) is 6.42 Å². The number of carbonyl (C=O) groups excluding carboxylic acids is 1. The number of carbonyl (C=O) groups is 1. The fourth-order valence-corrected chi connectivity index (χ4v) is 8.78. The highest BCUT2D eigenvalue weighted by Gasteiger charge is 2.65. The number of hydrogen-bond donors (Lipinski definition) is 3. The summed E-state index contributed by atoms with van der Waals surface area (Å²) in [5.41, 5.74) is -0.0882. The van der Waals surface area contributed by atoms with Crippen molar-refractivity contribution in [3.8, 4) is 0 Å². The van der Waals surface area contributed by atoms with Gasteiger partial charge in [0.05, 0.1) is 25.4 Å². The maximum Gasteiger partial charge on any atom is 0.305 e. The van der Waals surface area contributed by atoms with Gasteiger partial charge in [0.15, 0.2) is 0 Å². The molecule has 0 aliphatic heterocycles. The summed E-state index contributed by atoms with van der Waals surface area (Å²) in [6, 6.07) is 0. The van der Waals surface area contributed by atoms with Gasteiger partial charge in [0.2, 0.25) is 0 Å². The van der Waals surface area contributed by atoms with E-state index >= 15 is 0 Å². The summed E-state index contributed by atoms with van der Waals surface area (Å²) in [6.45, 7) is 6.85. The van der Waals surface area contributed by atoms with Gasteiger partial charge in [-0.3, -0.25) is 4.79 Å². The fraction of sp³-hybridized carbons (Fsp3) is 0.960. The number of esters is 1. The van der Waals surface area contributed by atoms with E-state index in [2.05, 4.69) is 20.8 Å². The molecule has 172 valence electrons. The van der Waals surface area contributed by atoms with Gasteiger partial charge in [-0.05, 0) is 97.7 Å². The first-order chi connectivity index (χ1) is 14.1. The highest BCUT2D eigenvalue weighted by molar-refractivity contribution is 5.69. The second-order valence-electron chi connectivity index (χ2n) is 11.6. The zero-order chi connectivity index (χ0) is 21.8. The lowest BCUT2D eigenvalue weighted by atomic mass is 9.43. The van der Waals surface area contributed by atoms with E-state index in [4.69, 9.17) is 4.74 Å². The number of fused-ring (bicyclic) bond motifs is 5. The van der Waals surface area contributed by atoms with Crippen molar-refractivity contribution in [1.29, 1.82) is 0 Å². The lowest BCUT2D eigenvalue weighted by Crippen LogP contribution is -2.62. The minimum absolute atomic E-state index is 0.111. The quantitative estimate of drug-likeness (QED) is 0.603. The fourth-order valence-electron chi connectivity index (χ4n) is 8.78. The Bertz CT molecular complexity index is 651. The van der Waals surface area contributed by atoms with Crippen LogP contribution in [0.2, 0.25) is 0 Å². The van der Waals surface area contributed by atoms with Crippen LogP contribution in [0.25, 0.3) is 0 Å². The minimum Gasteiger partial charge on any atom is -0.469 e. The van der Waals surface area contributed by atoms with Gasteiger partial charge >= 0.3 is 5.97 Å². The molecule has 4 fully saturated rings. The van der Waals surface area contributed by atoms with E-state index in [0.717, 1.165) is 51.4 Å². The molecule has 0 saturated heterocycles. The van der Waals surface area contributed by atoms with Gasteiger partial charge in [-0.1, -0.05) is 20.8 Å². The Kier molecular flexibility index (Phi) is 6.04. The van der Waals surface area contributed by atoms with E-state index < -0.39 is 0 Å². The summed E-state index contributed by atoms with van der Waals surface area (Å²) in [6.07, 6.45) is 6.60. The molecule has 0 radical (unpaired) electrons. The van der Waals surface area contributed by atoms with Crippen LogP contribution in [0.15, 0.2) is 0 Å². The molecular weight excluding hydrogens is 380 g/mol. The predicted octanol–water partition coefficient (Wildman–Crippen LogP) is 3.54. The molecule has 4 aliphatic carbocycles. The van der Waals surface area contributed by atoms with E-state index in [1.807, 2.05) is 0 Å². The molecule has 4 rings (SSSR count). The van der Waals surface area contributed by atoms with Crippen LogP contribution in [0, 0.1) is 46.3 Å². The predicted molar refractivity (Wildman–Crippen MR) is 114 cm³/mol. The molecule has 5 nitrogen and oxygen atoms in total. The summed E-state index contributed by atoms with van der Waals surface area (Å²) in [7, 11) is 1.44. The minimum atomic E-state index is -0.369. The zero-order valence-corrected chi connectivity index (χ0v) is 19.2. The molecular formula is C25H42O5. The van der Waals surface area contributed by atoms with Gasteiger partial charge in [-0.15, -0.1) is 0 Å². The Labute approximate surface area is 181 Å². The first-order valence-electron chi connectivity index (χ1n) is 12.2. The summed E-state index contributed by atoms with van der Waals surface area (Å²) < 4.78 is 4.83. The Morgan fingerprint density at radius 1 is 1.07 bits per heavy atom. The largest absolute Gasteiger partial charge is 0.469 e. The lowest BCUT2D eigenvalue weighted by molar-refractivity contribution is -0.207. The Morgan fingerprint density at radius 3 is 2.50 bits per heavy atom. The summed E-state index contributed by atoms with van der Waals surface area (Å²) >= 11 is 0. The molecule has 0 aromatic carbocycles. The standard InChI is InChI=1S/C25H42O5/c1-14(5-8-22(29)30-4)17-6-7-18-23-19(13-21(28)25(17,18)3)24(2)10-9-16(26)11-15(24)12-20(23)27/h14-21,23,26-28H,5-13H2,1-4H3/t14?,15-,16+,17+,18?,19?,20+,21-,23?,24-,25+/m0/s1. The van der Waals surface area contributed by atoms with Crippen molar-refractivity contribution in [2.24, 2.45) is 46.3 Å². The molecule has 4 unspecified atom stereocenters. The SMILES string of the molecule is COC(=O)CCC(C)[C@H]1CCC2C3C(C[C@H](O)[C@@]21C)[C@@]1(C)CC[C@@H](O)C[C@H]1C[C@H]3O. The van der Waals surface area contributed by atoms with Crippen LogP contribution in [0.3, 0.4) is 0 Å². The Balaban J connectivity index is 1.58. The highest BCUT2D eigenvalue weighted by Crippen LogP contribution is 2.68. The molecule has 0 spiro atoms. The molecule has 4 aliphatic rings. The lowest BCUT2D eigenvalue weighted by Gasteiger charge is -2.63. The number of ether oxygens (including phenoxy) is 1. The third-order valence-corrected chi connectivity index (χ3v) is 10.6. The van der Waals surface area contributed by atoms with Crippen LogP contribution >= 0.6 is 0 Å². The average Bonchev–Trinajstić information content (AvgIpc) is 3.06. The number of hydrogen-bond acceptors (Lipinski definition) is 5. The van der Waals surface area contributed by atoms with Crippen LogP contribution in [-0.4, -0.2) is 46.7 Å². The second kappa shape index (κ2) is 8.04. The normalized spacial score (nSPS) is 51.4. The van der Waals surface area contributed by atoms with Crippen LogP contribution in [0.1, 0.15) is 78.6 Å². The van der Waals surface area contributed by atoms with E-state index in [9.17, 15) is 20.1 Å². The number of aliphatic hydroxyl groups excluding tert-OH is 3. The van der Waals surface area contributed by atoms with Crippen molar-refractivity contribution in [2.45, 2.75) is 96.9 Å². The molecule has 0 bridgehead atoms. The summed E-state index contributed by atoms with van der Waals surface area (Å²) in [5.74, 6) is 1.81. The van der Waals surface area contributed by atoms with Gasteiger partial charge in [0.25, 0.3) is 0 Å². The number of methoxy groups -OCH3 is 1. The first-order valence-corrected chi connectivity index (χ1v) is 12.2. The van der Waals surface area contributed by atoms with Gasteiger partial charge in [0.1, 0.15) is 0 Å². The highest BCUT2D eigenvalue weighted by atomic mass is 16.5. The molecule has 0 aromatic heterocycles. The zero-order valence-electron chi connectivity index (χ0n) is 19.2. The second-order valence-corrected chi connectivity index (χ2v) is 11.6. The van der Waals surface area contributed by atoms with Crippen molar-refractivity contribution >= 4 is 5.97 Å². The van der Waals surface area contributed by atoms with E-state index in [1.54, 1.807) is 0 Å². The first kappa shape index (κ1) is 22.5. The average molecular weight is 423 g/mol. The van der Waals surface area contributed by atoms with Crippen molar-refractivity contribution in [2.75, 3.05) is 7.11 Å². The van der Waals surface area contributed by atoms with Crippen molar-refractivity contribution in [3.63, 3.8) is 0 Å². The number of rotatable bonds is 4.